The molecular weight excluding hydrogens is 238 g/mol. The number of allylic oxidation sites excluding steroid dienone is 1. The average molecular weight is 259 g/mol. The first-order valence-electron chi connectivity index (χ1n) is 6.88. The van der Waals surface area contributed by atoms with E-state index in [0.29, 0.717) is 6.42 Å². The molecule has 2 unspecified atom stereocenters. The maximum absolute atomic E-state index is 11.9. The second kappa shape index (κ2) is 6.53. The number of carbonyl (C=O) groups is 1. The zero-order valence-corrected chi connectivity index (χ0v) is 11.3. The predicted octanol–water partition coefficient (Wildman–Crippen LogP) is 2.21. The molecule has 2 rings (SSSR count). The smallest absolute Gasteiger partial charge is 0.247 e. The van der Waals surface area contributed by atoms with Crippen LogP contribution in [-0.2, 0) is 11.2 Å². The molecule has 0 radical (unpaired) electrons. The van der Waals surface area contributed by atoms with Gasteiger partial charge in [0.15, 0.2) is 0 Å². The molecule has 0 aliphatic heterocycles. The van der Waals surface area contributed by atoms with Crippen molar-refractivity contribution in [3.05, 3.63) is 47.5 Å². The summed E-state index contributed by atoms with van der Waals surface area (Å²) in [6.45, 7) is 1.85. The fraction of sp³-hybridized carbons (Fsp3) is 0.438. The number of benzene rings is 1. The van der Waals surface area contributed by atoms with Crippen molar-refractivity contribution in [2.45, 2.75) is 44.8 Å². The van der Waals surface area contributed by atoms with Crippen molar-refractivity contribution >= 4 is 5.91 Å². The van der Waals surface area contributed by atoms with E-state index in [4.69, 9.17) is 0 Å². The summed E-state index contributed by atoms with van der Waals surface area (Å²) < 4.78 is 0. The Balaban J connectivity index is 1.85. The third-order valence-corrected chi connectivity index (χ3v) is 3.56. The van der Waals surface area contributed by atoms with Crippen molar-refractivity contribution in [1.29, 1.82) is 0 Å². The highest BCUT2D eigenvalue weighted by atomic mass is 16.3. The number of rotatable bonds is 5. The van der Waals surface area contributed by atoms with Crippen LogP contribution in [-0.4, -0.2) is 23.2 Å². The van der Waals surface area contributed by atoms with E-state index in [2.05, 4.69) is 5.32 Å². The van der Waals surface area contributed by atoms with Crippen molar-refractivity contribution in [2.75, 3.05) is 0 Å². The quantitative estimate of drug-likeness (QED) is 0.851. The molecule has 1 amide bonds. The van der Waals surface area contributed by atoms with Gasteiger partial charge >= 0.3 is 0 Å². The van der Waals surface area contributed by atoms with Gasteiger partial charge in [-0.3, -0.25) is 4.79 Å². The molecule has 1 aliphatic carbocycles. The second-order valence-electron chi connectivity index (χ2n) is 5.14. The lowest BCUT2D eigenvalue weighted by Gasteiger charge is -2.20. The standard InChI is InChI=1S/C16H21NO2/c1-12(17-16(19)14-9-5-6-10-14)15(18)11-13-7-3-2-4-8-13/h2-4,7-9,12,15,18H,5-6,10-11H2,1H3,(H,17,19). The number of hydrogen-bond acceptors (Lipinski definition) is 2. The molecule has 1 aromatic carbocycles. The maximum Gasteiger partial charge on any atom is 0.247 e. The number of aliphatic hydroxyl groups excluding tert-OH is 1. The summed E-state index contributed by atoms with van der Waals surface area (Å²) in [5.41, 5.74) is 1.94. The molecule has 102 valence electrons. The lowest BCUT2D eigenvalue weighted by Crippen LogP contribution is -2.42. The predicted molar refractivity (Wildman–Crippen MR) is 75.7 cm³/mol. The van der Waals surface area contributed by atoms with E-state index < -0.39 is 6.10 Å². The van der Waals surface area contributed by atoms with Gasteiger partial charge in [-0.15, -0.1) is 0 Å². The van der Waals surface area contributed by atoms with Gasteiger partial charge in [0, 0.05) is 12.0 Å². The Morgan fingerprint density at radius 2 is 2.11 bits per heavy atom. The lowest BCUT2D eigenvalue weighted by molar-refractivity contribution is -0.118. The molecular formula is C16H21NO2. The Morgan fingerprint density at radius 3 is 2.74 bits per heavy atom. The molecule has 0 saturated carbocycles. The van der Waals surface area contributed by atoms with E-state index in [9.17, 15) is 9.90 Å². The van der Waals surface area contributed by atoms with Crippen LogP contribution in [0, 0.1) is 0 Å². The highest BCUT2D eigenvalue weighted by Crippen LogP contribution is 2.17. The first-order chi connectivity index (χ1) is 9.16. The highest BCUT2D eigenvalue weighted by molar-refractivity contribution is 5.93. The van der Waals surface area contributed by atoms with Crippen molar-refractivity contribution in [3.8, 4) is 0 Å². The molecule has 2 atom stereocenters. The highest BCUT2D eigenvalue weighted by Gasteiger charge is 2.20. The number of carbonyl (C=O) groups excluding carboxylic acids is 1. The Labute approximate surface area is 114 Å². The van der Waals surface area contributed by atoms with Crippen molar-refractivity contribution in [1.82, 2.24) is 5.32 Å². The van der Waals surface area contributed by atoms with Crippen LogP contribution in [0.2, 0.25) is 0 Å². The number of hydrogen-bond donors (Lipinski definition) is 2. The van der Waals surface area contributed by atoms with E-state index >= 15 is 0 Å². The number of nitrogens with one attached hydrogen (secondary N) is 1. The first-order valence-corrected chi connectivity index (χ1v) is 6.88. The largest absolute Gasteiger partial charge is 0.391 e. The Morgan fingerprint density at radius 1 is 1.37 bits per heavy atom. The Kier molecular flexibility index (Phi) is 4.74. The van der Waals surface area contributed by atoms with Crippen LogP contribution in [0.25, 0.3) is 0 Å². The fourth-order valence-corrected chi connectivity index (χ4v) is 2.31. The summed E-state index contributed by atoms with van der Waals surface area (Å²) in [5, 5.41) is 13.0. The molecule has 2 N–H and O–H groups in total. The molecule has 3 nitrogen and oxygen atoms in total. The zero-order chi connectivity index (χ0) is 13.7. The average Bonchev–Trinajstić information content (AvgIpc) is 2.93. The van der Waals surface area contributed by atoms with Gasteiger partial charge in [-0.25, -0.2) is 0 Å². The maximum atomic E-state index is 11.9. The third kappa shape index (κ3) is 3.93. The monoisotopic (exact) mass is 259 g/mol. The Hall–Kier alpha value is -1.61. The van der Waals surface area contributed by atoms with Crippen molar-refractivity contribution in [2.24, 2.45) is 0 Å². The molecule has 0 fully saturated rings. The van der Waals surface area contributed by atoms with Gasteiger partial charge < -0.3 is 10.4 Å². The molecule has 0 aromatic heterocycles. The normalized spacial score (nSPS) is 17.7. The molecule has 3 heteroatoms. The summed E-state index contributed by atoms with van der Waals surface area (Å²) in [4.78, 5) is 11.9. The summed E-state index contributed by atoms with van der Waals surface area (Å²) >= 11 is 0. The van der Waals surface area contributed by atoms with Gasteiger partial charge in [-0.2, -0.15) is 0 Å². The minimum Gasteiger partial charge on any atom is -0.391 e. The number of aliphatic hydroxyl groups is 1. The zero-order valence-electron chi connectivity index (χ0n) is 11.3. The molecule has 0 bridgehead atoms. The topological polar surface area (TPSA) is 49.3 Å². The lowest BCUT2D eigenvalue weighted by atomic mass is 10.0. The van der Waals surface area contributed by atoms with Crippen molar-refractivity contribution < 1.29 is 9.90 Å². The van der Waals surface area contributed by atoms with Crippen LogP contribution in [0.15, 0.2) is 42.0 Å². The van der Waals surface area contributed by atoms with Crippen LogP contribution in [0.5, 0.6) is 0 Å². The molecule has 1 aromatic rings. The SMILES string of the molecule is CC(NC(=O)C1=CCCC1)C(O)Cc1ccccc1. The fourth-order valence-electron chi connectivity index (χ4n) is 2.31. The van der Waals surface area contributed by atoms with E-state index in [1.165, 1.54) is 0 Å². The van der Waals surface area contributed by atoms with E-state index in [1.807, 2.05) is 43.3 Å². The second-order valence-corrected chi connectivity index (χ2v) is 5.14. The van der Waals surface area contributed by atoms with E-state index in [0.717, 1.165) is 30.4 Å². The Bertz CT molecular complexity index is 453. The van der Waals surface area contributed by atoms with E-state index in [-0.39, 0.29) is 11.9 Å². The molecule has 1 aliphatic rings. The summed E-state index contributed by atoms with van der Waals surface area (Å²) in [6.07, 6.45) is 4.89. The molecule has 19 heavy (non-hydrogen) atoms. The van der Waals surface area contributed by atoms with Crippen LogP contribution in [0.1, 0.15) is 31.7 Å². The van der Waals surface area contributed by atoms with Crippen LogP contribution >= 0.6 is 0 Å². The summed E-state index contributed by atoms with van der Waals surface area (Å²) in [7, 11) is 0. The summed E-state index contributed by atoms with van der Waals surface area (Å²) in [6, 6.07) is 9.58. The van der Waals surface area contributed by atoms with Crippen LogP contribution in [0.3, 0.4) is 0 Å². The first kappa shape index (κ1) is 13.8. The van der Waals surface area contributed by atoms with Crippen LogP contribution in [0.4, 0.5) is 0 Å². The van der Waals surface area contributed by atoms with Crippen LogP contribution < -0.4 is 5.32 Å². The van der Waals surface area contributed by atoms with Gasteiger partial charge in [0.05, 0.1) is 12.1 Å². The van der Waals surface area contributed by atoms with Gasteiger partial charge in [0.1, 0.15) is 0 Å². The van der Waals surface area contributed by atoms with Gasteiger partial charge in [-0.05, 0) is 31.7 Å². The third-order valence-electron chi connectivity index (χ3n) is 3.56. The van der Waals surface area contributed by atoms with Gasteiger partial charge in [0.2, 0.25) is 5.91 Å². The minimum atomic E-state index is -0.562. The summed E-state index contributed by atoms with van der Waals surface area (Å²) in [5.74, 6) is -0.0305. The molecule has 0 heterocycles. The van der Waals surface area contributed by atoms with Gasteiger partial charge in [-0.1, -0.05) is 36.4 Å². The van der Waals surface area contributed by atoms with E-state index in [1.54, 1.807) is 0 Å². The van der Waals surface area contributed by atoms with Gasteiger partial charge in [0.25, 0.3) is 0 Å². The minimum absolute atomic E-state index is 0.0305. The molecule has 0 saturated heterocycles. The number of amides is 1. The van der Waals surface area contributed by atoms with Crippen molar-refractivity contribution in [3.63, 3.8) is 0 Å². The molecule has 0 spiro atoms.